The lowest BCUT2D eigenvalue weighted by Gasteiger charge is -2.30. The minimum atomic E-state index is -0.817. The summed E-state index contributed by atoms with van der Waals surface area (Å²) in [4.78, 5) is 15.1. The molecule has 5 heteroatoms. The summed E-state index contributed by atoms with van der Waals surface area (Å²) in [5.74, 6) is -0.0567. The van der Waals surface area contributed by atoms with Crippen LogP contribution in [0.3, 0.4) is 0 Å². The van der Waals surface area contributed by atoms with Crippen LogP contribution in [-0.2, 0) is 14.3 Å². The molecular weight excluding hydrogens is 304 g/mol. The van der Waals surface area contributed by atoms with Gasteiger partial charge in [0.25, 0.3) is 5.91 Å². The van der Waals surface area contributed by atoms with Crippen LogP contribution in [0.5, 0.6) is 0 Å². The maximum atomic E-state index is 12.7. The summed E-state index contributed by atoms with van der Waals surface area (Å²) in [6.45, 7) is 5.80. The summed E-state index contributed by atoms with van der Waals surface area (Å²) in [5.41, 5.74) is 1.70. The quantitative estimate of drug-likeness (QED) is 0.866. The van der Waals surface area contributed by atoms with E-state index in [4.69, 9.17) is 9.47 Å². The zero-order valence-corrected chi connectivity index (χ0v) is 14.7. The summed E-state index contributed by atoms with van der Waals surface area (Å²) in [6.07, 6.45) is 3.08. The Morgan fingerprint density at radius 2 is 2.04 bits per heavy atom. The molecule has 2 fully saturated rings. The number of aryl methyl sites for hydroxylation is 1. The van der Waals surface area contributed by atoms with Gasteiger partial charge in [0, 0.05) is 20.1 Å². The third kappa shape index (κ3) is 3.63. The first-order chi connectivity index (χ1) is 11.6. The standard InChI is InChI=1S/C19H28N2O3/c1-15-5-7-16(8-6-15)17(21-10-3-4-11-21)13-20-18(22)19(23-2)9-12-24-14-19/h5-8,17H,3-4,9-14H2,1-2H3,(H,20,22)/t17-,19+/m1/s1. The molecule has 1 aromatic rings. The molecule has 24 heavy (non-hydrogen) atoms. The second-order valence-corrected chi connectivity index (χ2v) is 6.88. The molecule has 5 nitrogen and oxygen atoms in total. The highest BCUT2D eigenvalue weighted by Crippen LogP contribution is 2.26. The van der Waals surface area contributed by atoms with E-state index in [1.54, 1.807) is 7.11 Å². The van der Waals surface area contributed by atoms with Gasteiger partial charge in [-0.25, -0.2) is 0 Å². The van der Waals surface area contributed by atoms with Crippen LogP contribution in [0.15, 0.2) is 24.3 Å². The summed E-state index contributed by atoms with van der Waals surface area (Å²) in [7, 11) is 1.59. The van der Waals surface area contributed by atoms with Crippen LogP contribution >= 0.6 is 0 Å². The maximum Gasteiger partial charge on any atom is 0.254 e. The first-order valence-corrected chi connectivity index (χ1v) is 8.86. The van der Waals surface area contributed by atoms with E-state index in [1.807, 2.05) is 0 Å². The van der Waals surface area contributed by atoms with Crippen molar-refractivity contribution in [2.24, 2.45) is 0 Å². The molecular formula is C19H28N2O3. The van der Waals surface area contributed by atoms with Crippen molar-refractivity contribution >= 4 is 5.91 Å². The van der Waals surface area contributed by atoms with Gasteiger partial charge in [-0.15, -0.1) is 0 Å². The second-order valence-electron chi connectivity index (χ2n) is 6.88. The van der Waals surface area contributed by atoms with Crippen LogP contribution in [0.4, 0.5) is 0 Å². The van der Waals surface area contributed by atoms with E-state index in [1.165, 1.54) is 24.0 Å². The van der Waals surface area contributed by atoms with Crippen LogP contribution < -0.4 is 5.32 Å². The average Bonchev–Trinajstić information content (AvgIpc) is 3.29. The summed E-state index contributed by atoms with van der Waals surface area (Å²) >= 11 is 0. The number of nitrogens with zero attached hydrogens (tertiary/aromatic N) is 1. The van der Waals surface area contributed by atoms with Crippen molar-refractivity contribution in [3.05, 3.63) is 35.4 Å². The lowest BCUT2D eigenvalue weighted by Crippen LogP contribution is -2.50. The minimum Gasteiger partial charge on any atom is -0.378 e. The van der Waals surface area contributed by atoms with E-state index in [0.717, 1.165) is 13.1 Å². The summed E-state index contributed by atoms with van der Waals surface area (Å²) in [6, 6.07) is 8.85. The third-order valence-corrected chi connectivity index (χ3v) is 5.29. The molecule has 1 aromatic carbocycles. The fourth-order valence-electron chi connectivity index (χ4n) is 3.63. The molecule has 3 rings (SSSR count). The normalized spacial score (nSPS) is 25.8. The van der Waals surface area contributed by atoms with Crippen LogP contribution in [0.1, 0.15) is 36.4 Å². The fourth-order valence-corrected chi connectivity index (χ4v) is 3.63. The first kappa shape index (κ1) is 17.4. The Morgan fingerprint density at radius 1 is 1.33 bits per heavy atom. The SMILES string of the molecule is CO[C@@]1(C(=O)NC[C@H](c2ccc(C)cc2)N2CCCC2)CCOC1. The van der Waals surface area contributed by atoms with Crippen molar-refractivity contribution in [2.45, 2.75) is 37.8 Å². The highest BCUT2D eigenvalue weighted by Gasteiger charge is 2.42. The highest BCUT2D eigenvalue weighted by atomic mass is 16.6. The van der Waals surface area contributed by atoms with Crippen molar-refractivity contribution < 1.29 is 14.3 Å². The molecule has 0 bridgehead atoms. The Labute approximate surface area is 144 Å². The number of amides is 1. The van der Waals surface area contributed by atoms with Crippen molar-refractivity contribution in [3.8, 4) is 0 Å². The minimum absolute atomic E-state index is 0.0567. The largest absolute Gasteiger partial charge is 0.378 e. The number of benzene rings is 1. The first-order valence-electron chi connectivity index (χ1n) is 8.86. The number of nitrogens with one attached hydrogen (secondary N) is 1. The number of likely N-dealkylation sites (tertiary alicyclic amines) is 1. The number of hydrogen-bond donors (Lipinski definition) is 1. The van der Waals surface area contributed by atoms with Gasteiger partial charge in [0.05, 0.1) is 19.3 Å². The van der Waals surface area contributed by atoms with Crippen molar-refractivity contribution in [1.29, 1.82) is 0 Å². The highest BCUT2D eigenvalue weighted by molar-refractivity contribution is 5.85. The van der Waals surface area contributed by atoms with Gasteiger partial charge < -0.3 is 14.8 Å². The monoisotopic (exact) mass is 332 g/mol. The molecule has 2 aliphatic rings. The van der Waals surface area contributed by atoms with Crippen LogP contribution in [-0.4, -0.2) is 56.4 Å². The molecule has 0 unspecified atom stereocenters. The number of carbonyl (C=O) groups excluding carboxylic acids is 1. The van der Waals surface area contributed by atoms with Gasteiger partial charge in [0.2, 0.25) is 0 Å². The van der Waals surface area contributed by atoms with Gasteiger partial charge in [0.1, 0.15) is 0 Å². The zero-order chi connectivity index (χ0) is 17.0. The molecule has 0 saturated carbocycles. The number of carbonyl (C=O) groups is 1. The van der Waals surface area contributed by atoms with E-state index in [2.05, 4.69) is 41.4 Å². The topological polar surface area (TPSA) is 50.8 Å². The lowest BCUT2D eigenvalue weighted by atomic mass is 10.0. The van der Waals surface area contributed by atoms with Gasteiger partial charge in [0.15, 0.2) is 5.60 Å². The zero-order valence-electron chi connectivity index (χ0n) is 14.7. The van der Waals surface area contributed by atoms with Crippen LogP contribution in [0, 0.1) is 6.92 Å². The number of rotatable bonds is 6. The Kier molecular flexibility index (Phi) is 5.54. The van der Waals surface area contributed by atoms with Gasteiger partial charge >= 0.3 is 0 Å². The smallest absolute Gasteiger partial charge is 0.254 e. The molecule has 2 atom stereocenters. The Balaban J connectivity index is 1.70. The molecule has 2 aliphatic heterocycles. The average molecular weight is 332 g/mol. The van der Waals surface area contributed by atoms with Crippen molar-refractivity contribution in [1.82, 2.24) is 10.2 Å². The van der Waals surface area contributed by atoms with Gasteiger partial charge in [-0.1, -0.05) is 29.8 Å². The predicted molar refractivity (Wildman–Crippen MR) is 92.9 cm³/mol. The molecule has 132 valence electrons. The van der Waals surface area contributed by atoms with E-state index in [-0.39, 0.29) is 11.9 Å². The Hall–Kier alpha value is -1.43. The molecule has 0 aliphatic carbocycles. The summed E-state index contributed by atoms with van der Waals surface area (Å²) < 4.78 is 10.9. The van der Waals surface area contributed by atoms with E-state index < -0.39 is 5.60 Å². The number of ether oxygens (including phenoxy) is 2. The molecule has 1 N–H and O–H groups in total. The summed E-state index contributed by atoms with van der Waals surface area (Å²) in [5, 5.41) is 3.12. The second kappa shape index (κ2) is 7.64. The molecule has 0 aromatic heterocycles. The van der Waals surface area contributed by atoms with Crippen LogP contribution in [0.25, 0.3) is 0 Å². The van der Waals surface area contributed by atoms with Crippen LogP contribution in [0.2, 0.25) is 0 Å². The van der Waals surface area contributed by atoms with Gasteiger partial charge in [-0.05, 0) is 38.4 Å². The van der Waals surface area contributed by atoms with E-state index in [9.17, 15) is 4.79 Å². The molecule has 0 spiro atoms. The Bertz CT molecular complexity index is 546. The fraction of sp³-hybridized carbons (Fsp3) is 0.632. The predicted octanol–water partition coefficient (Wildman–Crippen LogP) is 2.05. The van der Waals surface area contributed by atoms with Gasteiger partial charge in [-0.2, -0.15) is 0 Å². The number of methoxy groups -OCH3 is 1. The molecule has 2 saturated heterocycles. The Morgan fingerprint density at radius 3 is 2.62 bits per heavy atom. The molecule has 2 heterocycles. The molecule has 1 amide bonds. The lowest BCUT2D eigenvalue weighted by molar-refractivity contribution is -0.143. The number of hydrogen-bond acceptors (Lipinski definition) is 4. The van der Waals surface area contributed by atoms with Gasteiger partial charge in [-0.3, -0.25) is 9.69 Å². The maximum absolute atomic E-state index is 12.7. The van der Waals surface area contributed by atoms with E-state index in [0.29, 0.717) is 26.2 Å². The van der Waals surface area contributed by atoms with E-state index >= 15 is 0 Å². The van der Waals surface area contributed by atoms with Crippen molar-refractivity contribution in [2.75, 3.05) is 40.0 Å². The van der Waals surface area contributed by atoms with Crippen molar-refractivity contribution in [3.63, 3.8) is 0 Å². The molecule has 0 radical (unpaired) electrons. The third-order valence-electron chi connectivity index (χ3n) is 5.29.